The summed E-state index contributed by atoms with van der Waals surface area (Å²) in [6.45, 7) is 0.896. The fraction of sp³-hybridized carbons (Fsp3) is 0.294. The minimum atomic E-state index is 0.0679. The summed E-state index contributed by atoms with van der Waals surface area (Å²) in [6, 6.07) is 9.90. The highest BCUT2D eigenvalue weighted by atomic mass is 35.5. The Bertz CT molecular complexity index is 703. The predicted molar refractivity (Wildman–Crippen MR) is 89.6 cm³/mol. The van der Waals surface area contributed by atoms with Gasteiger partial charge in [0.2, 0.25) is 0 Å². The molecule has 0 amide bonds. The van der Waals surface area contributed by atoms with Crippen LogP contribution in [0, 0.1) is 0 Å². The van der Waals surface area contributed by atoms with Gasteiger partial charge in [0.1, 0.15) is 0 Å². The molecule has 0 aliphatic carbocycles. The van der Waals surface area contributed by atoms with Crippen LogP contribution in [0.15, 0.2) is 30.3 Å². The first-order chi connectivity index (χ1) is 10.6. The van der Waals surface area contributed by atoms with Gasteiger partial charge in [0, 0.05) is 6.54 Å². The molecule has 0 fully saturated rings. The summed E-state index contributed by atoms with van der Waals surface area (Å²) in [5.41, 5.74) is 3.53. The van der Waals surface area contributed by atoms with Crippen LogP contribution in [0.1, 0.15) is 22.7 Å². The largest absolute Gasteiger partial charge is 0.493 e. The molecule has 1 unspecified atom stereocenters. The van der Waals surface area contributed by atoms with Crippen LogP contribution in [0.25, 0.3) is 0 Å². The van der Waals surface area contributed by atoms with Crippen molar-refractivity contribution in [1.29, 1.82) is 0 Å². The first-order valence-corrected chi connectivity index (χ1v) is 7.82. The maximum Gasteiger partial charge on any atom is 0.161 e. The van der Waals surface area contributed by atoms with Crippen molar-refractivity contribution in [3.05, 3.63) is 57.1 Å². The maximum absolute atomic E-state index is 6.16. The number of halogens is 2. The number of rotatable bonds is 3. The topological polar surface area (TPSA) is 30.5 Å². The second kappa shape index (κ2) is 6.37. The molecule has 0 aromatic heterocycles. The summed E-state index contributed by atoms with van der Waals surface area (Å²) in [4.78, 5) is 0. The van der Waals surface area contributed by atoms with Crippen LogP contribution in [0.3, 0.4) is 0 Å². The van der Waals surface area contributed by atoms with Crippen molar-refractivity contribution in [2.24, 2.45) is 0 Å². The Morgan fingerprint density at radius 2 is 1.73 bits per heavy atom. The Morgan fingerprint density at radius 1 is 1.00 bits per heavy atom. The van der Waals surface area contributed by atoms with Gasteiger partial charge in [-0.1, -0.05) is 29.3 Å². The highest BCUT2D eigenvalue weighted by Gasteiger charge is 2.24. The minimum absolute atomic E-state index is 0.0679. The van der Waals surface area contributed by atoms with E-state index in [4.69, 9.17) is 32.7 Å². The molecule has 116 valence electrons. The van der Waals surface area contributed by atoms with Crippen molar-refractivity contribution in [2.45, 2.75) is 12.5 Å². The number of methoxy groups -OCH3 is 2. The molecule has 0 saturated heterocycles. The second-order valence-electron chi connectivity index (χ2n) is 5.22. The third-order valence-corrected chi connectivity index (χ3v) is 4.72. The first-order valence-electron chi connectivity index (χ1n) is 7.07. The standard InChI is InChI=1S/C17H17Cl2NO2/c1-21-15-8-10-5-6-20-17(12(10)9-16(15)22-2)11-3-4-13(18)14(19)7-11/h3-4,7-9,17,20H,5-6H2,1-2H3. The molecule has 3 nitrogen and oxygen atoms in total. The van der Waals surface area contributed by atoms with E-state index in [0.29, 0.717) is 10.0 Å². The van der Waals surface area contributed by atoms with Crippen molar-refractivity contribution in [3.8, 4) is 11.5 Å². The zero-order valence-electron chi connectivity index (χ0n) is 12.5. The lowest BCUT2D eigenvalue weighted by Crippen LogP contribution is -2.30. The molecule has 1 heterocycles. The van der Waals surface area contributed by atoms with Gasteiger partial charge in [0.05, 0.1) is 30.3 Å². The maximum atomic E-state index is 6.16. The van der Waals surface area contributed by atoms with Crippen molar-refractivity contribution in [3.63, 3.8) is 0 Å². The molecular weight excluding hydrogens is 321 g/mol. The van der Waals surface area contributed by atoms with Crippen LogP contribution < -0.4 is 14.8 Å². The van der Waals surface area contributed by atoms with Crippen molar-refractivity contribution in [1.82, 2.24) is 5.32 Å². The summed E-state index contributed by atoms with van der Waals surface area (Å²) >= 11 is 12.2. The van der Waals surface area contributed by atoms with Crippen LogP contribution in [0.4, 0.5) is 0 Å². The van der Waals surface area contributed by atoms with E-state index in [-0.39, 0.29) is 6.04 Å². The molecule has 1 aliphatic heterocycles. The van der Waals surface area contributed by atoms with Gasteiger partial charge in [0.15, 0.2) is 11.5 Å². The highest BCUT2D eigenvalue weighted by molar-refractivity contribution is 6.42. The molecule has 1 aliphatic rings. The summed E-state index contributed by atoms with van der Waals surface area (Å²) < 4.78 is 10.8. The van der Waals surface area contributed by atoms with E-state index in [1.807, 2.05) is 24.3 Å². The van der Waals surface area contributed by atoms with Gasteiger partial charge in [0.25, 0.3) is 0 Å². The first kappa shape index (κ1) is 15.5. The number of nitrogens with one attached hydrogen (secondary N) is 1. The Labute approximate surface area is 140 Å². The molecule has 5 heteroatoms. The van der Waals surface area contributed by atoms with E-state index in [1.165, 1.54) is 11.1 Å². The van der Waals surface area contributed by atoms with Crippen molar-refractivity contribution in [2.75, 3.05) is 20.8 Å². The van der Waals surface area contributed by atoms with E-state index in [2.05, 4.69) is 11.4 Å². The molecule has 0 saturated carbocycles. The van der Waals surface area contributed by atoms with Crippen molar-refractivity contribution >= 4 is 23.2 Å². The predicted octanol–water partition coefficient (Wildman–Crippen LogP) is 4.25. The Kier molecular flexibility index (Phi) is 4.48. The molecule has 0 radical (unpaired) electrons. The summed E-state index contributed by atoms with van der Waals surface area (Å²) in [5, 5.41) is 4.66. The van der Waals surface area contributed by atoms with Gasteiger partial charge in [-0.05, 0) is 47.4 Å². The Balaban J connectivity index is 2.08. The Hall–Kier alpha value is -1.42. The average Bonchev–Trinajstić information content (AvgIpc) is 2.55. The number of hydrogen-bond donors (Lipinski definition) is 1. The highest BCUT2D eigenvalue weighted by Crippen LogP contribution is 2.38. The average molecular weight is 338 g/mol. The molecule has 2 aromatic rings. The van der Waals surface area contributed by atoms with Gasteiger partial charge in [-0.15, -0.1) is 0 Å². The molecule has 1 N–H and O–H groups in total. The van der Waals surface area contributed by atoms with Crippen LogP contribution in [-0.2, 0) is 6.42 Å². The lowest BCUT2D eigenvalue weighted by atomic mass is 9.89. The molecule has 22 heavy (non-hydrogen) atoms. The van der Waals surface area contributed by atoms with Gasteiger partial charge in [-0.3, -0.25) is 0 Å². The quantitative estimate of drug-likeness (QED) is 0.908. The second-order valence-corrected chi connectivity index (χ2v) is 6.03. The van der Waals surface area contributed by atoms with Crippen LogP contribution >= 0.6 is 23.2 Å². The number of benzene rings is 2. The summed E-state index contributed by atoms with van der Waals surface area (Å²) in [5.74, 6) is 1.49. The minimum Gasteiger partial charge on any atom is -0.493 e. The molecule has 0 bridgehead atoms. The zero-order chi connectivity index (χ0) is 15.7. The lowest BCUT2D eigenvalue weighted by Gasteiger charge is -2.28. The molecule has 3 rings (SSSR count). The molecular formula is C17H17Cl2NO2. The van der Waals surface area contributed by atoms with E-state index >= 15 is 0 Å². The van der Waals surface area contributed by atoms with Crippen LogP contribution in [0.5, 0.6) is 11.5 Å². The van der Waals surface area contributed by atoms with Gasteiger partial charge in [-0.25, -0.2) is 0 Å². The van der Waals surface area contributed by atoms with Gasteiger partial charge >= 0.3 is 0 Å². The van der Waals surface area contributed by atoms with Gasteiger partial charge < -0.3 is 14.8 Å². The fourth-order valence-corrected chi connectivity index (χ4v) is 3.18. The fourth-order valence-electron chi connectivity index (χ4n) is 2.87. The number of hydrogen-bond acceptors (Lipinski definition) is 3. The molecule has 0 spiro atoms. The molecule has 2 aromatic carbocycles. The molecule has 1 atom stereocenters. The number of ether oxygens (including phenoxy) is 2. The zero-order valence-corrected chi connectivity index (χ0v) is 14.0. The third-order valence-electron chi connectivity index (χ3n) is 3.98. The summed E-state index contributed by atoms with van der Waals surface area (Å²) in [6.07, 6.45) is 0.952. The van der Waals surface area contributed by atoms with Crippen LogP contribution in [0.2, 0.25) is 10.0 Å². The van der Waals surface area contributed by atoms with Gasteiger partial charge in [-0.2, -0.15) is 0 Å². The van der Waals surface area contributed by atoms with E-state index in [0.717, 1.165) is 30.0 Å². The SMILES string of the molecule is COc1cc2c(cc1OC)C(c1ccc(Cl)c(Cl)c1)NCC2. The van der Waals surface area contributed by atoms with E-state index in [1.54, 1.807) is 14.2 Å². The summed E-state index contributed by atoms with van der Waals surface area (Å²) in [7, 11) is 3.30. The van der Waals surface area contributed by atoms with Crippen molar-refractivity contribution < 1.29 is 9.47 Å². The van der Waals surface area contributed by atoms with Crippen LogP contribution in [-0.4, -0.2) is 20.8 Å². The smallest absolute Gasteiger partial charge is 0.161 e. The lowest BCUT2D eigenvalue weighted by molar-refractivity contribution is 0.353. The monoisotopic (exact) mass is 337 g/mol. The number of fused-ring (bicyclic) bond motifs is 1. The van der Waals surface area contributed by atoms with E-state index in [9.17, 15) is 0 Å². The Morgan fingerprint density at radius 3 is 2.41 bits per heavy atom. The van der Waals surface area contributed by atoms with E-state index < -0.39 is 0 Å². The third kappa shape index (κ3) is 2.76. The normalized spacial score (nSPS) is 17.0.